The lowest BCUT2D eigenvalue weighted by Crippen LogP contribution is -2.23. The Morgan fingerprint density at radius 2 is 2.10 bits per heavy atom. The first-order chi connectivity index (χ1) is 9.32. The number of amidine groups is 1. The molecular formula is C12H16N4O2S2. The molecule has 1 N–H and O–H groups in total. The summed E-state index contributed by atoms with van der Waals surface area (Å²) in [4.78, 5) is 4.41. The summed E-state index contributed by atoms with van der Waals surface area (Å²) in [6.07, 6.45) is 3.56. The van der Waals surface area contributed by atoms with Gasteiger partial charge in [-0.05, 0) is 30.9 Å². The number of rotatable bonds is 3. The number of nitrogens with one attached hydrogen (secondary N) is 1. The van der Waals surface area contributed by atoms with Crippen molar-refractivity contribution in [3.05, 3.63) is 23.8 Å². The lowest BCUT2D eigenvalue weighted by atomic mass is 10.2. The molecule has 0 atom stereocenters. The zero-order valence-electron chi connectivity index (χ0n) is 11.7. The van der Waals surface area contributed by atoms with Gasteiger partial charge in [0.15, 0.2) is 11.4 Å². The Bertz CT molecular complexity index is 661. The summed E-state index contributed by atoms with van der Waals surface area (Å²) < 4.78 is 25.5. The number of aryl methyl sites for hydroxylation is 1. The van der Waals surface area contributed by atoms with Crippen LogP contribution in [-0.4, -0.2) is 38.2 Å². The molecule has 0 amide bonds. The van der Waals surface area contributed by atoms with E-state index in [9.17, 15) is 8.42 Å². The van der Waals surface area contributed by atoms with Crippen molar-refractivity contribution in [1.82, 2.24) is 9.62 Å². The largest absolute Gasteiger partial charge is 0.271 e. The van der Waals surface area contributed by atoms with Crippen LogP contribution >= 0.6 is 11.8 Å². The molecule has 8 heteroatoms. The Hall–Kier alpha value is -1.56. The number of nitriles is 1. The van der Waals surface area contributed by atoms with Crippen molar-refractivity contribution >= 4 is 32.6 Å². The fourth-order valence-electron chi connectivity index (χ4n) is 1.42. The van der Waals surface area contributed by atoms with Gasteiger partial charge in [0.25, 0.3) is 0 Å². The molecule has 0 radical (unpaired) electrons. The Morgan fingerprint density at radius 3 is 2.60 bits per heavy atom. The van der Waals surface area contributed by atoms with Crippen LogP contribution in [-0.2, 0) is 10.0 Å². The molecule has 0 saturated heterocycles. The fourth-order valence-corrected chi connectivity index (χ4v) is 2.91. The van der Waals surface area contributed by atoms with Gasteiger partial charge in [0.1, 0.15) is 0 Å². The number of nitrogens with zero attached hydrogens (tertiary/aromatic N) is 3. The zero-order chi connectivity index (χ0) is 15.3. The Morgan fingerprint density at radius 1 is 1.45 bits per heavy atom. The molecule has 0 saturated carbocycles. The van der Waals surface area contributed by atoms with E-state index in [1.54, 1.807) is 31.5 Å². The van der Waals surface area contributed by atoms with E-state index in [0.29, 0.717) is 16.4 Å². The van der Waals surface area contributed by atoms with Crippen LogP contribution in [0.4, 0.5) is 5.69 Å². The monoisotopic (exact) mass is 312 g/mol. The predicted octanol–water partition coefficient (Wildman–Crippen LogP) is 1.67. The van der Waals surface area contributed by atoms with E-state index < -0.39 is 10.0 Å². The average molecular weight is 312 g/mol. The maximum atomic E-state index is 12.2. The van der Waals surface area contributed by atoms with Crippen molar-refractivity contribution in [2.45, 2.75) is 11.8 Å². The molecule has 0 aliphatic heterocycles. The summed E-state index contributed by atoms with van der Waals surface area (Å²) >= 11 is 1.27. The molecule has 1 aromatic rings. The molecule has 20 heavy (non-hydrogen) atoms. The minimum atomic E-state index is -3.51. The van der Waals surface area contributed by atoms with Gasteiger partial charge in [-0.25, -0.2) is 17.7 Å². The number of thioether (sulfide) groups is 1. The first-order valence-electron chi connectivity index (χ1n) is 5.64. The third kappa shape index (κ3) is 3.72. The second-order valence-corrected chi connectivity index (χ2v) is 7.01. The quantitative estimate of drug-likeness (QED) is 0.397. The van der Waals surface area contributed by atoms with Crippen LogP contribution in [0.15, 0.2) is 28.1 Å². The summed E-state index contributed by atoms with van der Waals surface area (Å²) in [5, 5.41) is 11.4. The van der Waals surface area contributed by atoms with Gasteiger partial charge in [-0.1, -0.05) is 17.8 Å². The van der Waals surface area contributed by atoms with Gasteiger partial charge in [0, 0.05) is 14.1 Å². The Kier molecular flexibility index (Phi) is 5.56. The van der Waals surface area contributed by atoms with Crippen molar-refractivity contribution in [1.29, 1.82) is 5.26 Å². The standard InChI is InChI=1S/C12H16N4O2S2/c1-9-5-6-10(15-12(19-4)14-8-13)7-11(9)20(17,18)16(2)3/h5-7H,1-4H3,(H,14,15). The van der Waals surface area contributed by atoms with Gasteiger partial charge in [-0.2, -0.15) is 5.26 Å². The van der Waals surface area contributed by atoms with E-state index in [1.807, 2.05) is 0 Å². The van der Waals surface area contributed by atoms with Crippen LogP contribution in [0.25, 0.3) is 0 Å². The van der Waals surface area contributed by atoms with Gasteiger partial charge in [-0.3, -0.25) is 5.32 Å². The molecule has 0 aliphatic carbocycles. The van der Waals surface area contributed by atoms with E-state index in [-0.39, 0.29) is 4.90 Å². The van der Waals surface area contributed by atoms with Crippen molar-refractivity contribution in [2.75, 3.05) is 20.4 Å². The molecule has 0 heterocycles. The van der Waals surface area contributed by atoms with Crippen LogP contribution < -0.4 is 5.32 Å². The molecule has 108 valence electrons. The first kappa shape index (κ1) is 16.5. The number of sulfonamides is 1. The average Bonchev–Trinajstić information content (AvgIpc) is 2.39. The summed E-state index contributed by atoms with van der Waals surface area (Å²) in [6.45, 7) is 1.73. The van der Waals surface area contributed by atoms with Crippen LogP contribution in [0.5, 0.6) is 0 Å². The number of benzene rings is 1. The molecule has 0 aliphatic rings. The van der Waals surface area contributed by atoms with Crippen molar-refractivity contribution in [3.63, 3.8) is 0 Å². The van der Waals surface area contributed by atoms with E-state index in [4.69, 9.17) is 5.26 Å². The molecule has 1 rings (SSSR count). The SMILES string of the molecule is CSC(=Nc1ccc(C)c(S(=O)(=O)N(C)C)c1)NC#N. The van der Waals surface area contributed by atoms with Gasteiger partial charge in [-0.15, -0.1) is 0 Å². The molecule has 0 unspecified atom stereocenters. The minimum Gasteiger partial charge on any atom is -0.271 e. The van der Waals surface area contributed by atoms with Crippen molar-refractivity contribution in [2.24, 2.45) is 4.99 Å². The molecule has 1 aromatic carbocycles. The highest BCUT2D eigenvalue weighted by Gasteiger charge is 2.20. The highest BCUT2D eigenvalue weighted by Crippen LogP contribution is 2.24. The third-order valence-electron chi connectivity index (χ3n) is 2.52. The molecular weight excluding hydrogens is 296 g/mol. The van der Waals surface area contributed by atoms with Gasteiger partial charge < -0.3 is 0 Å². The Labute approximate surface area is 123 Å². The highest BCUT2D eigenvalue weighted by atomic mass is 32.2. The molecule has 0 fully saturated rings. The van der Waals surface area contributed by atoms with E-state index >= 15 is 0 Å². The smallest absolute Gasteiger partial charge is 0.242 e. The normalized spacial score (nSPS) is 12.3. The molecule has 0 aromatic heterocycles. The maximum Gasteiger partial charge on any atom is 0.242 e. The number of hydrogen-bond acceptors (Lipinski definition) is 5. The molecule has 0 spiro atoms. The van der Waals surface area contributed by atoms with Crippen LogP contribution in [0.2, 0.25) is 0 Å². The Balaban J connectivity index is 3.33. The molecule has 0 bridgehead atoms. The summed E-state index contributed by atoms with van der Waals surface area (Å²) in [5.74, 6) is 0. The van der Waals surface area contributed by atoms with E-state index in [2.05, 4.69) is 10.3 Å². The lowest BCUT2D eigenvalue weighted by molar-refractivity contribution is 0.520. The van der Waals surface area contributed by atoms with Crippen LogP contribution in [0.3, 0.4) is 0 Å². The van der Waals surface area contributed by atoms with Crippen molar-refractivity contribution in [3.8, 4) is 6.19 Å². The lowest BCUT2D eigenvalue weighted by Gasteiger charge is -2.14. The van der Waals surface area contributed by atoms with Crippen molar-refractivity contribution < 1.29 is 8.42 Å². The second-order valence-electron chi connectivity index (χ2n) is 4.10. The maximum absolute atomic E-state index is 12.2. The highest BCUT2D eigenvalue weighted by molar-refractivity contribution is 8.13. The second kappa shape index (κ2) is 6.74. The predicted molar refractivity (Wildman–Crippen MR) is 81.4 cm³/mol. The topological polar surface area (TPSA) is 85.6 Å². The summed E-state index contributed by atoms with van der Waals surface area (Å²) in [5.41, 5.74) is 1.12. The van der Waals surface area contributed by atoms with E-state index in [0.717, 1.165) is 4.31 Å². The number of hydrogen-bond donors (Lipinski definition) is 1. The summed E-state index contributed by atoms with van der Waals surface area (Å²) in [6, 6.07) is 4.90. The number of aliphatic imine (C=N–C) groups is 1. The zero-order valence-corrected chi connectivity index (χ0v) is 13.3. The van der Waals surface area contributed by atoms with E-state index in [1.165, 1.54) is 31.9 Å². The minimum absolute atomic E-state index is 0.209. The fraction of sp³-hybridized carbons (Fsp3) is 0.333. The van der Waals surface area contributed by atoms with Gasteiger partial charge in [0.2, 0.25) is 10.0 Å². The van der Waals surface area contributed by atoms with Gasteiger partial charge in [0.05, 0.1) is 10.6 Å². The molecule has 6 nitrogen and oxygen atoms in total. The first-order valence-corrected chi connectivity index (χ1v) is 8.30. The van der Waals surface area contributed by atoms with Crippen LogP contribution in [0, 0.1) is 18.4 Å². The summed E-state index contributed by atoms with van der Waals surface area (Å²) in [7, 11) is -0.550. The van der Waals surface area contributed by atoms with Gasteiger partial charge >= 0.3 is 0 Å². The van der Waals surface area contributed by atoms with Crippen LogP contribution in [0.1, 0.15) is 5.56 Å². The third-order valence-corrected chi connectivity index (χ3v) is 5.05.